The standard InChI is InChI=1S/C45H54N4O/c1-8-9-20-50-44-12-10-42(11-13-44)49(30-37-14-17-47-45(26-37)40-23-33(4)36(7)34(5)24-40)43-15-18-48(19-16-43)29-38-25-41(28-46-27-38)39-21-31(2)35(6)32(3)22-39/h10-14,17,21-28,43H,8-9,15-16,18-20,29-30H2,1-7H3. The predicted molar refractivity (Wildman–Crippen MR) is 209 cm³/mol. The number of hydrogen-bond donors (Lipinski definition) is 0. The fraction of sp³-hybridized carbons (Fsp3) is 0.378. The molecule has 0 unspecified atom stereocenters. The van der Waals surface area contributed by atoms with Gasteiger partial charge in [-0.3, -0.25) is 14.9 Å². The van der Waals surface area contributed by atoms with Gasteiger partial charge in [-0.25, -0.2) is 0 Å². The van der Waals surface area contributed by atoms with E-state index >= 15 is 0 Å². The Morgan fingerprint density at radius 1 is 0.720 bits per heavy atom. The molecule has 5 heteroatoms. The number of anilines is 1. The van der Waals surface area contributed by atoms with Crippen LogP contribution in [-0.4, -0.2) is 40.6 Å². The molecule has 0 bridgehead atoms. The Kier molecular flexibility index (Phi) is 11.3. The molecule has 1 aliphatic heterocycles. The van der Waals surface area contributed by atoms with Crippen LogP contribution in [0.1, 0.15) is 77.1 Å². The largest absolute Gasteiger partial charge is 0.494 e. The SMILES string of the molecule is CCCCOc1ccc(N(Cc2ccnc(-c3cc(C)c(C)c(C)c3)c2)C2CCN(Cc3cncc(-c4cc(C)c(C)c(C)c4)c3)CC2)cc1. The van der Waals surface area contributed by atoms with E-state index in [4.69, 9.17) is 9.72 Å². The van der Waals surface area contributed by atoms with Crippen LogP contribution in [0.25, 0.3) is 22.4 Å². The fourth-order valence-corrected chi connectivity index (χ4v) is 7.19. The first-order valence-corrected chi connectivity index (χ1v) is 18.5. The van der Waals surface area contributed by atoms with Gasteiger partial charge in [0.1, 0.15) is 5.75 Å². The van der Waals surface area contributed by atoms with E-state index in [9.17, 15) is 0 Å². The van der Waals surface area contributed by atoms with Crippen LogP contribution in [-0.2, 0) is 13.1 Å². The number of ether oxygens (including phenoxy) is 1. The number of rotatable bonds is 12. The van der Waals surface area contributed by atoms with E-state index in [1.54, 1.807) is 0 Å². The van der Waals surface area contributed by atoms with Gasteiger partial charge in [0.2, 0.25) is 0 Å². The van der Waals surface area contributed by atoms with Crippen molar-refractivity contribution in [2.24, 2.45) is 0 Å². The third-order valence-electron chi connectivity index (χ3n) is 10.8. The van der Waals surface area contributed by atoms with Crippen molar-refractivity contribution in [2.75, 3.05) is 24.6 Å². The summed E-state index contributed by atoms with van der Waals surface area (Å²) in [7, 11) is 0. The molecule has 0 radical (unpaired) electrons. The quantitative estimate of drug-likeness (QED) is 0.124. The van der Waals surface area contributed by atoms with Gasteiger partial charge in [0.05, 0.1) is 12.3 Å². The molecule has 0 saturated carbocycles. The molecule has 6 rings (SSSR count). The van der Waals surface area contributed by atoms with Crippen LogP contribution < -0.4 is 9.64 Å². The van der Waals surface area contributed by atoms with Gasteiger partial charge < -0.3 is 9.64 Å². The summed E-state index contributed by atoms with van der Waals surface area (Å²) in [5, 5.41) is 0. The second kappa shape index (κ2) is 16.0. The van der Waals surface area contributed by atoms with Crippen molar-refractivity contribution in [1.82, 2.24) is 14.9 Å². The molecule has 0 spiro atoms. The summed E-state index contributed by atoms with van der Waals surface area (Å²) in [5.74, 6) is 0.945. The Balaban J connectivity index is 1.19. The predicted octanol–water partition coefficient (Wildman–Crippen LogP) is 10.5. The maximum absolute atomic E-state index is 6.02. The number of aromatic nitrogens is 2. The highest BCUT2D eigenvalue weighted by Crippen LogP contribution is 2.31. The summed E-state index contributed by atoms with van der Waals surface area (Å²) in [4.78, 5) is 14.7. The molecule has 1 fully saturated rings. The molecule has 3 heterocycles. The Morgan fingerprint density at radius 2 is 1.36 bits per heavy atom. The summed E-state index contributed by atoms with van der Waals surface area (Å²) >= 11 is 0. The van der Waals surface area contributed by atoms with Crippen molar-refractivity contribution in [3.05, 3.63) is 130 Å². The number of hydrogen-bond acceptors (Lipinski definition) is 5. The van der Waals surface area contributed by atoms with Crippen molar-refractivity contribution in [3.8, 4) is 28.1 Å². The Hall–Kier alpha value is -4.48. The number of nitrogens with zero attached hydrogens (tertiary/aromatic N) is 4. The van der Waals surface area contributed by atoms with Crippen LogP contribution in [0.15, 0.2) is 85.3 Å². The highest BCUT2D eigenvalue weighted by atomic mass is 16.5. The molecule has 0 aliphatic carbocycles. The maximum Gasteiger partial charge on any atom is 0.119 e. The molecule has 0 atom stereocenters. The van der Waals surface area contributed by atoms with E-state index in [1.165, 1.54) is 66.9 Å². The van der Waals surface area contributed by atoms with Gasteiger partial charge in [-0.2, -0.15) is 0 Å². The van der Waals surface area contributed by atoms with Crippen molar-refractivity contribution in [2.45, 2.75) is 93.3 Å². The maximum atomic E-state index is 6.02. The van der Waals surface area contributed by atoms with Crippen molar-refractivity contribution in [3.63, 3.8) is 0 Å². The number of unbranched alkanes of at least 4 members (excludes halogenated alkanes) is 1. The summed E-state index contributed by atoms with van der Waals surface area (Å²) in [6.45, 7) is 20.0. The molecule has 0 amide bonds. The minimum atomic E-state index is 0.432. The van der Waals surface area contributed by atoms with Gasteiger partial charge in [-0.15, -0.1) is 0 Å². The summed E-state index contributed by atoms with van der Waals surface area (Å²) in [6.07, 6.45) is 10.4. The molecule has 5 aromatic rings. The fourth-order valence-electron chi connectivity index (χ4n) is 7.19. The Morgan fingerprint density at radius 3 is 2.00 bits per heavy atom. The van der Waals surface area contributed by atoms with E-state index in [0.717, 1.165) is 69.9 Å². The molecule has 260 valence electrons. The van der Waals surface area contributed by atoms with E-state index in [2.05, 4.69) is 130 Å². The lowest BCUT2D eigenvalue weighted by molar-refractivity contribution is 0.200. The minimum Gasteiger partial charge on any atom is -0.494 e. The molecule has 50 heavy (non-hydrogen) atoms. The van der Waals surface area contributed by atoms with Gasteiger partial charge in [0, 0.05) is 67.6 Å². The zero-order valence-electron chi connectivity index (χ0n) is 31.2. The third kappa shape index (κ3) is 8.45. The second-order valence-corrected chi connectivity index (χ2v) is 14.4. The zero-order chi connectivity index (χ0) is 35.2. The third-order valence-corrected chi connectivity index (χ3v) is 10.8. The van der Waals surface area contributed by atoms with Crippen molar-refractivity contribution in [1.29, 1.82) is 0 Å². The van der Waals surface area contributed by atoms with E-state index in [-0.39, 0.29) is 0 Å². The average molecular weight is 667 g/mol. The Labute approximate surface area is 300 Å². The first-order chi connectivity index (χ1) is 24.2. The number of likely N-dealkylation sites (tertiary alicyclic amines) is 1. The highest BCUT2D eigenvalue weighted by molar-refractivity contribution is 5.66. The number of piperidine rings is 1. The molecule has 3 aromatic carbocycles. The van der Waals surface area contributed by atoms with Crippen LogP contribution in [0.3, 0.4) is 0 Å². The molecule has 1 saturated heterocycles. The summed E-state index contributed by atoms with van der Waals surface area (Å²) in [6, 6.07) is 25.1. The average Bonchev–Trinajstić information content (AvgIpc) is 3.12. The normalized spacial score (nSPS) is 13.8. The number of benzene rings is 3. The lowest BCUT2D eigenvalue weighted by atomic mass is 9.96. The van der Waals surface area contributed by atoms with Gasteiger partial charge in [0.25, 0.3) is 0 Å². The lowest BCUT2D eigenvalue weighted by Crippen LogP contribution is -2.44. The van der Waals surface area contributed by atoms with Crippen LogP contribution in [0.5, 0.6) is 5.75 Å². The van der Waals surface area contributed by atoms with Gasteiger partial charge in [-0.1, -0.05) is 25.5 Å². The highest BCUT2D eigenvalue weighted by Gasteiger charge is 2.26. The van der Waals surface area contributed by atoms with Crippen LogP contribution in [0.4, 0.5) is 5.69 Å². The molecular weight excluding hydrogens is 613 g/mol. The topological polar surface area (TPSA) is 41.5 Å². The second-order valence-electron chi connectivity index (χ2n) is 14.4. The Bertz CT molecular complexity index is 1860. The van der Waals surface area contributed by atoms with Crippen LogP contribution in [0.2, 0.25) is 0 Å². The van der Waals surface area contributed by atoms with E-state index < -0.39 is 0 Å². The summed E-state index contributed by atoms with van der Waals surface area (Å²) < 4.78 is 6.02. The van der Waals surface area contributed by atoms with Crippen LogP contribution in [0, 0.1) is 41.5 Å². The number of aryl methyl sites for hydroxylation is 4. The first-order valence-electron chi connectivity index (χ1n) is 18.5. The van der Waals surface area contributed by atoms with E-state index in [1.807, 2.05) is 18.6 Å². The van der Waals surface area contributed by atoms with Crippen molar-refractivity contribution < 1.29 is 4.74 Å². The monoisotopic (exact) mass is 666 g/mol. The first kappa shape index (κ1) is 35.3. The van der Waals surface area contributed by atoms with Gasteiger partial charge in [-0.05, 0) is 165 Å². The van der Waals surface area contributed by atoms with Gasteiger partial charge in [0.15, 0.2) is 0 Å². The van der Waals surface area contributed by atoms with Crippen LogP contribution >= 0.6 is 0 Å². The molecule has 5 nitrogen and oxygen atoms in total. The summed E-state index contributed by atoms with van der Waals surface area (Å²) in [5.41, 5.74) is 16.5. The molecule has 2 aromatic heterocycles. The van der Waals surface area contributed by atoms with Gasteiger partial charge >= 0.3 is 0 Å². The smallest absolute Gasteiger partial charge is 0.119 e. The number of pyridine rings is 2. The van der Waals surface area contributed by atoms with E-state index in [0.29, 0.717) is 6.04 Å². The zero-order valence-corrected chi connectivity index (χ0v) is 31.2. The van der Waals surface area contributed by atoms with Crippen molar-refractivity contribution >= 4 is 5.69 Å². The molecule has 1 aliphatic rings. The lowest BCUT2D eigenvalue weighted by Gasteiger charge is -2.40. The molecule has 0 N–H and O–H groups in total. The molecular formula is C45H54N4O. The minimum absolute atomic E-state index is 0.432.